The van der Waals surface area contributed by atoms with Gasteiger partial charge in [-0.3, -0.25) is 0 Å². The molecule has 0 saturated carbocycles. The third-order valence-corrected chi connectivity index (χ3v) is 2.98. The van der Waals surface area contributed by atoms with Crippen LogP contribution in [0.1, 0.15) is 26.3 Å². The Hall–Kier alpha value is -3.14. The summed E-state index contributed by atoms with van der Waals surface area (Å²) in [6.07, 6.45) is 2.32. The number of carbonyl (C=O) groups is 1. The molecule has 0 saturated heterocycles. The summed E-state index contributed by atoms with van der Waals surface area (Å²) in [7, 11) is 0. The Labute approximate surface area is 147 Å². The van der Waals surface area contributed by atoms with Crippen molar-refractivity contribution in [3.05, 3.63) is 42.1 Å². The number of carbonyl (C=O) groups excluding carboxylic acids is 1. The zero-order valence-electron chi connectivity index (χ0n) is 14.5. The van der Waals surface area contributed by atoms with Crippen LogP contribution in [0, 0.1) is 17.5 Å². The molecule has 0 fully saturated rings. The number of nitrogens with one attached hydrogen (secondary N) is 2. The molecule has 7 heteroatoms. The molecule has 0 bridgehead atoms. The topological polar surface area (TPSA) is 99.9 Å². The first-order chi connectivity index (χ1) is 11.9. The Morgan fingerprint density at radius 2 is 2.00 bits per heavy atom. The number of ether oxygens (including phenoxy) is 1. The fraction of sp³-hybridized carbons (Fsp3) is 0.333. The van der Waals surface area contributed by atoms with Crippen molar-refractivity contribution in [3.8, 4) is 17.3 Å². The van der Waals surface area contributed by atoms with Crippen LogP contribution in [0.4, 0.5) is 10.7 Å². The minimum Gasteiger partial charge on any atom is -0.444 e. The predicted molar refractivity (Wildman–Crippen MR) is 93.7 cm³/mol. The zero-order chi connectivity index (χ0) is 18.3. The van der Waals surface area contributed by atoms with Crippen LogP contribution in [0.25, 0.3) is 11.3 Å². The monoisotopic (exact) mass is 338 g/mol. The number of hydrogen-bond acceptors (Lipinski definition) is 6. The lowest BCUT2D eigenvalue weighted by molar-refractivity contribution is 0.0530. The molecule has 0 aliphatic heterocycles. The number of alkyl carbamates (subject to hydrolysis) is 1. The van der Waals surface area contributed by atoms with E-state index in [9.17, 15) is 4.79 Å². The standard InChI is InChI=1S/C18H20N5O2/c1-18(2,3)25-17(24)22-11-10-21-16-20-9-8-15(23-16)14-6-4-13(12-19)5-7-14/h4-8H,10-11H2,1-3H3,(H,22,24)(H,20,21,23). The molecule has 0 aliphatic rings. The Balaban J connectivity index is 1.87. The smallest absolute Gasteiger partial charge is 0.407 e. The van der Waals surface area contributed by atoms with Gasteiger partial charge in [0.1, 0.15) is 5.60 Å². The molecule has 2 aromatic rings. The highest BCUT2D eigenvalue weighted by Crippen LogP contribution is 2.17. The van der Waals surface area contributed by atoms with Gasteiger partial charge >= 0.3 is 6.09 Å². The molecule has 0 aliphatic carbocycles. The highest BCUT2D eigenvalue weighted by molar-refractivity contribution is 5.67. The fourth-order valence-electron chi connectivity index (χ4n) is 1.92. The van der Waals surface area contributed by atoms with E-state index in [2.05, 4.69) is 32.9 Å². The maximum Gasteiger partial charge on any atom is 0.407 e. The summed E-state index contributed by atoms with van der Waals surface area (Å²) >= 11 is 0. The summed E-state index contributed by atoms with van der Waals surface area (Å²) in [6, 6.07) is 10.9. The van der Waals surface area contributed by atoms with Crippen molar-refractivity contribution in [3.63, 3.8) is 0 Å². The van der Waals surface area contributed by atoms with Crippen molar-refractivity contribution in [1.82, 2.24) is 15.3 Å². The van der Waals surface area contributed by atoms with E-state index < -0.39 is 11.7 Å². The Bertz CT molecular complexity index is 760. The number of amides is 1. The zero-order valence-corrected chi connectivity index (χ0v) is 14.5. The average Bonchev–Trinajstić information content (AvgIpc) is 2.57. The van der Waals surface area contributed by atoms with Crippen molar-refractivity contribution in [2.75, 3.05) is 18.4 Å². The number of hydrogen-bond donors (Lipinski definition) is 2. The molecule has 1 radical (unpaired) electrons. The van der Waals surface area contributed by atoms with Gasteiger partial charge in [-0.25, -0.2) is 14.8 Å². The lowest BCUT2D eigenvalue weighted by Gasteiger charge is -2.19. The maximum absolute atomic E-state index is 11.5. The Kier molecular flexibility index (Phi) is 5.90. The van der Waals surface area contributed by atoms with E-state index in [4.69, 9.17) is 10.00 Å². The molecule has 1 aromatic carbocycles. The van der Waals surface area contributed by atoms with Gasteiger partial charge in [0.25, 0.3) is 0 Å². The minimum atomic E-state index is -0.523. The molecule has 0 spiro atoms. The van der Waals surface area contributed by atoms with Crippen LogP contribution < -0.4 is 10.6 Å². The van der Waals surface area contributed by atoms with Crippen LogP contribution in [0.3, 0.4) is 0 Å². The van der Waals surface area contributed by atoms with E-state index in [1.807, 2.05) is 32.9 Å². The molecule has 129 valence electrons. The Morgan fingerprint density at radius 3 is 2.64 bits per heavy atom. The maximum atomic E-state index is 11.5. The molecule has 2 N–H and O–H groups in total. The second kappa shape index (κ2) is 8.11. The van der Waals surface area contributed by atoms with Crippen molar-refractivity contribution in [2.45, 2.75) is 26.4 Å². The number of rotatable bonds is 5. The summed E-state index contributed by atoms with van der Waals surface area (Å²) in [5.74, 6) is 0.410. The van der Waals surface area contributed by atoms with Gasteiger partial charge in [-0.2, -0.15) is 5.26 Å². The normalized spacial score (nSPS) is 10.6. The molecule has 25 heavy (non-hydrogen) atoms. The van der Waals surface area contributed by atoms with E-state index in [-0.39, 0.29) is 0 Å². The quantitative estimate of drug-likeness (QED) is 0.813. The van der Waals surface area contributed by atoms with Crippen LogP contribution in [-0.4, -0.2) is 34.8 Å². The van der Waals surface area contributed by atoms with Crippen LogP contribution in [-0.2, 0) is 4.74 Å². The van der Waals surface area contributed by atoms with Gasteiger partial charge in [0, 0.05) is 18.7 Å². The summed E-state index contributed by atoms with van der Waals surface area (Å²) in [5.41, 5.74) is 1.63. The molecule has 0 unspecified atom stereocenters. The van der Waals surface area contributed by atoms with Gasteiger partial charge < -0.3 is 15.4 Å². The van der Waals surface area contributed by atoms with Crippen LogP contribution in [0.2, 0.25) is 0 Å². The number of anilines is 1. The van der Waals surface area contributed by atoms with Gasteiger partial charge in [0.2, 0.25) is 5.95 Å². The highest BCUT2D eigenvalue weighted by atomic mass is 16.6. The molecule has 1 heterocycles. The summed E-state index contributed by atoms with van der Waals surface area (Å²) < 4.78 is 5.15. The fourth-order valence-corrected chi connectivity index (χ4v) is 1.92. The van der Waals surface area contributed by atoms with E-state index >= 15 is 0 Å². The van der Waals surface area contributed by atoms with Gasteiger partial charge in [-0.1, -0.05) is 12.1 Å². The summed E-state index contributed by atoms with van der Waals surface area (Å²) in [6.45, 7) is 6.25. The molecule has 1 aromatic heterocycles. The van der Waals surface area contributed by atoms with Crippen molar-refractivity contribution >= 4 is 12.0 Å². The average molecular weight is 338 g/mol. The Morgan fingerprint density at radius 1 is 1.28 bits per heavy atom. The number of benzene rings is 1. The SMILES string of the molecule is CC(C)(C)OC(=O)NCCNc1n[c]cc(-c2ccc(C#N)cc2)n1. The molecule has 7 nitrogen and oxygen atoms in total. The number of nitriles is 1. The summed E-state index contributed by atoms with van der Waals surface area (Å²) in [5, 5.41) is 14.5. The molecule has 0 atom stereocenters. The van der Waals surface area contributed by atoms with Gasteiger partial charge in [0.15, 0.2) is 0 Å². The second-order valence-corrected chi connectivity index (χ2v) is 6.25. The van der Waals surface area contributed by atoms with Gasteiger partial charge in [-0.05, 0) is 39.0 Å². The van der Waals surface area contributed by atoms with Crippen LogP contribution >= 0.6 is 0 Å². The molecule has 2 rings (SSSR count). The first-order valence-corrected chi connectivity index (χ1v) is 7.84. The lowest BCUT2D eigenvalue weighted by atomic mass is 10.1. The van der Waals surface area contributed by atoms with Gasteiger partial charge in [-0.15, -0.1) is 0 Å². The lowest BCUT2D eigenvalue weighted by Crippen LogP contribution is -2.35. The van der Waals surface area contributed by atoms with E-state index in [1.54, 1.807) is 18.2 Å². The minimum absolute atomic E-state index is 0.374. The van der Waals surface area contributed by atoms with Crippen molar-refractivity contribution < 1.29 is 9.53 Å². The second-order valence-electron chi connectivity index (χ2n) is 6.25. The van der Waals surface area contributed by atoms with E-state index in [1.165, 1.54) is 0 Å². The molecule has 1 amide bonds. The van der Waals surface area contributed by atoms with Crippen molar-refractivity contribution in [2.24, 2.45) is 0 Å². The van der Waals surface area contributed by atoms with Crippen LogP contribution in [0.15, 0.2) is 30.3 Å². The van der Waals surface area contributed by atoms with Gasteiger partial charge in [0.05, 0.1) is 23.5 Å². The van der Waals surface area contributed by atoms with E-state index in [0.29, 0.717) is 30.3 Å². The van der Waals surface area contributed by atoms with Crippen LogP contribution in [0.5, 0.6) is 0 Å². The highest BCUT2D eigenvalue weighted by Gasteiger charge is 2.15. The third kappa shape index (κ3) is 6.11. The molecular weight excluding hydrogens is 318 g/mol. The predicted octanol–water partition coefficient (Wildman–Crippen LogP) is 2.75. The van der Waals surface area contributed by atoms with E-state index in [0.717, 1.165) is 5.56 Å². The first-order valence-electron chi connectivity index (χ1n) is 7.84. The summed E-state index contributed by atoms with van der Waals surface area (Å²) in [4.78, 5) is 20.0. The number of nitrogens with zero attached hydrogens (tertiary/aromatic N) is 3. The van der Waals surface area contributed by atoms with Crippen molar-refractivity contribution in [1.29, 1.82) is 5.26 Å². The largest absolute Gasteiger partial charge is 0.444 e. The first kappa shape index (κ1) is 18.2. The third-order valence-electron chi connectivity index (χ3n) is 2.98. The number of aromatic nitrogens is 2. The molecular formula is C18H20N5O2.